The van der Waals surface area contributed by atoms with E-state index in [1.165, 1.54) is 0 Å². The molecule has 0 aliphatic carbocycles. The van der Waals surface area contributed by atoms with Crippen LogP contribution < -0.4 is 0 Å². The van der Waals surface area contributed by atoms with Gasteiger partial charge in [-0.3, -0.25) is 5.41 Å². The first-order chi connectivity index (χ1) is 7.27. The maximum Gasteiger partial charge on any atom is 0.156 e. The minimum Gasteiger partial charge on any atom is -0.349 e. The van der Waals surface area contributed by atoms with Crippen molar-refractivity contribution in [1.82, 2.24) is 4.90 Å². The van der Waals surface area contributed by atoms with Crippen LogP contribution in [0.3, 0.4) is 0 Å². The maximum absolute atomic E-state index is 7.69. The maximum atomic E-state index is 7.69. The van der Waals surface area contributed by atoms with E-state index in [1.54, 1.807) is 11.8 Å². The normalized spacial score (nSPS) is 17.1. The Kier molecular flexibility index (Phi) is 5.46. The number of benzene rings is 1. The van der Waals surface area contributed by atoms with Crippen molar-refractivity contribution < 1.29 is 0 Å². The smallest absolute Gasteiger partial charge is 0.156 e. The summed E-state index contributed by atoms with van der Waals surface area (Å²) < 4.78 is 0. The topological polar surface area (TPSA) is 27.1 Å². The summed E-state index contributed by atoms with van der Waals surface area (Å²) in [6.07, 6.45) is 0. The van der Waals surface area contributed by atoms with E-state index in [-0.39, 0.29) is 17.8 Å². The van der Waals surface area contributed by atoms with Crippen molar-refractivity contribution in [2.45, 2.75) is 5.38 Å². The molecule has 1 N–H and O–H groups in total. The lowest BCUT2D eigenvalue weighted by molar-refractivity contribution is 0.457. The van der Waals surface area contributed by atoms with E-state index in [9.17, 15) is 0 Å². The third kappa shape index (κ3) is 3.30. The molecule has 0 saturated carbocycles. The third-order valence-corrected chi connectivity index (χ3v) is 3.74. The van der Waals surface area contributed by atoms with Crippen LogP contribution in [0.2, 0.25) is 0 Å². The quantitative estimate of drug-likeness (QED) is 0.858. The van der Waals surface area contributed by atoms with Crippen LogP contribution >= 0.6 is 35.8 Å². The van der Waals surface area contributed by atoms with E-state index in [0.29, 0.717) is 5.17 Å². The van der Waals surface area contributed by atoms with Gasteiger partial charge >= 0.3 is 0 Å². The van der Waals surface area contributed by atoms with Crippen LogP contribution in [-0.2, 0) is 0 Å². The summed E-state index contributed by atoms with van der Waals surface area (Å²) in [6.45, 7) is 1.68. The molecule has 0 aromatic heterocycles. The van der Waals surface area contributed by atoms with Crippen LogP contribution in [0.25, 0.3) is 0 Å². The van der Waals surface area contributed by atoms with Crippen molar-refractivity contribution in [3.63, 3.8) is 0 Å². The number of thioether (sulfide) groups is 1. The fourth-order valence-corrected chi connectivity index (χ4v) is 2.75. The first-order valence-corrected chi connectivity index (χ1v) is 6.35. The summed E-state index contributed by atoms with van der Waals surface area (Å²) in [5.41, 5.74) is 1.13. The number of nitrogens with zero attached hydrogens (tertiary/aromatic N) is 1. The molecular weight excluding hydrogens is 263 g/mol. The number of hydrogen-bond donors (Lipinski definition) is 1. The second-order valence-corrected chi connectivity index (χ2v) is 5.09. The first kappa shape index (κ1) is 13.7. The Morgan fingerprint density at radius 2 is 2.06 bits per heavy atom. The molecule has 0 amide bonds. The average molecular weight is 277 g/mol. The lowest BCUT2D eigenvalue weighted by Crippen LogP contribution is -2.27. The largest absolute Gasteiger partial charge is 0.349 e. The fraction of sp³-hybridized carbons (Fsp3) is 0.364. The van der Waals surface area contributed by atoms with Crippen molar-refractivity contribution in [2.24, 2.45) is 0 Å². The number of hydrogen-bond acceptors (Lipinski definition) is 2. The van der Waals surface area contributed by atoms with Gasteiger partial charge in [-0.25, -0.2) is 0 Å². The molecule has 1 aromatic carbocycles. The van der Waals surface area contributed by atoms with Gasteiger partial charge in [-0.05, 0) is 5.56 Å². The molecule has 0 radical (unpaired) electrons. The molecule has 16 heavy (non-hydrogen) atoms. The van der Waals surface area contributed by atoms with Crippen LogP contribution in [0.1, 0.15) is 10.9 Å². The Morgan fingerprint density at radius 1 is 1.38 bits per heavy atom. The summed E-state index contributed by atoms with van der Waals surface area (Å²) in [5.74, 6) is 1.01. The fourth-order valence-electron chi connectivity index (χ4n) is 1.58. The highest BCUT2D eigenvalue weighted by atomic mass is 35.5. The Morgan fingerprint density at radius 3 is 2.62 bits per heavy atom. The Bertz CT molecular complexity index is 345. The van der Waals surface area contributed by atoms with Gasteiger partial charge in [0.15, 0.2) is 5.17 Å². The third-order valence-electron chi connectivity index (χ3n) is 2.43. The molecule has 88 valence electrons. The van der Waals surface area contributed by atoms with E-state index in [4.69, 9.17) is 17.0 Å². The molecule has 0 spiro atoms. The monoisotopic (exact) mass is 276 g/mol. The molecular formula is C11H14Cl2N2S. The van der Waals surface area contributed by atoms with E-state index >= 15 is 0 Å². The van der Waals surface area contributed by atoms with E-state index in [0.717, 1.165) is 24.4 Å². The molecule has 2 nitrogen and oxygen atoms in total. The molecule has 2 rings (SSSR count). The van der Waals surface area contributed by atoms with Crippen molar-refractivity contribution in [1.29, 1.82) is 5.41 Å². The molecule has 1 aliphatic rings. The lowest BCUT2D eigenvalue weighted by Gasteiger charge is -2.20. The first-order valence-electron chi connectivity index (χ1n) is 4.92. The SMILES string of the molecule is Cl.N=C1SCCN1CC(Cl)c1ccccc1. The van der Waals surface area contributed by atoms with E-state index in [1.807, 2.05) is 35.2 Å². The van der Waals surface area contributed by atoms with Gasteiger partial charge in [-0.2, -0.15) is 0 Å². The summed E-state index contributed by atoms with van der Waals surface area (Å²) in [5, 5.41) is 8.32. The van der Waals surface area contributed by atoms with Crippen molar-refractivity contribution in [3.8, 4) is 0 Å². The molecule has 1 atom stereocenters. The predicted molar refractivity (Wildman–Crippen MR) is 74.0 cm³/mol. The predicted octanol–water partition coefficient (Wildman–Crippen LogP) is 3.37. The van der Waals surface area contributed by atoms with Crippen molar-refractivity contribution in [2.75, 3.05) is 18.8 Å². The van der Waals surface area contributed by atoms with Gasteiger partial charge in [-0.15, -0.1) is 24.0 Å². The van der Waals surface area contributed by atoms with Crippen LogP contribution in [0.15, 0.2) is 30.3 Å². The molecule has 1 aromatic rings. The Labute approximate surface area is 111 Å². The van der Waals surface area contributed by atoms with Gasteiger partial charge < -0.3 is 4.90 Å². The molecule has 1 saturated heterocycles. The number of rotatable bonds is 3. The standard InChI is InChI=1S/C11H13ClN2S.ClH/c12-10(9-4-2-1-3-5-9)8-14-6-7-15-11(14)13;/h1-5,10,13H,6-8H2;1H. The number of halogens is 2. The number of amidine groups is 1. The molecule has 0 bridgehead atoms. The number of alkyl halides is 1. The van der Waals surface area contributed by atoms with Gasteiger partial charge in [0, 0.05) is 18.8 Å². The molecule has 1 heterocycles. The van der Waals surface area contributed by atoms with Gasteiger partial charge in [0.2, 0.25) is 0 Å². The summed E-state index contributed by atoms with van der Waals surface area (Å²) >= 11 is 7.90. The summed E-state index contributed by atoms with van der Waals surface area (Å²) in [4.78, 5) is 2.04. The molecule has 5 heteroatoms. The van der Waals surface area contributed by atoms with Crippen LogP contribution in [0.4, 0.5) is 0 Å². The lowest BCUT2D eigenvalue weighted by atomic mass is 10.1. The van der Waals surface area contributed by atoms with E-state index in [2.05, 4.69) is 0 Å². The van der Waals surface area contributed by atoms with Crippen molar-refractivity contribution in [3.05, 3.63) is 35.9 Å². The number of nitrogens with one attached hydrogen (secondary N) is 1. The minimum absolute atomic E-state index is 0. The van der Waals surface area contributed by atoms with Crippen molar-refractivity contribution >= 4 is 40.9 Å². The second-order valence-electron chi connectivity index (χ2n) is 3.48. The average Bonchev–Trinajstić information content (AvgIpc) is 2.66. The molecule has 1 fully saturated rings. The van der Waals surface area contributed by atoms with E-state index < -0.39 is 0 Å². The minimum atomic E-state index is -0.0229. The van der Waals surface area contributed by atoms with Crippen LogP contribution in [-0.4, -0.2) is 28.9 Å². The van der Waals surface area contributed by atoms with Gasteiger partial charge in [0.05, 0.1) is 5.38 Å². The highest BCUT2D eigenvalue weighted by Crippen LogP contribution is 2.25. The molecule has 1 aliphatic heterocycles. The zero-order valence-corrected chi connectivity index (χ0v) is 11.1. The van der Waals surface area contributed by atoms with Crippen LogP contribution in [0.5, 0.6) is 0 Å². The highest BCUT2D eigenvalue weighted by Gasteiger charge is 2.20. The highest BCUT2D eigenvalue weighted by molar-refractivity contribution is 8.14. The summed E-state index contributed by atoms with van der Waals surface area (Å²) in [6, 6.07) is 10.0. The van der Waals surface area contributed by atoms with Crippen LogP contribution in [0, 0.1) is 5.41 Å². The Balaban J connectivity index is 0.00000128. The molecule has 1 unspecified atom stereocenters. The summed E-state index contributed by atoms with van der Waals surface area (Å²) in [7, 11) is 0. The van der Waals surface area contributed by atoms with Gasteiger partial charge in [0.1, 0.15) is 0 Å². The Hall–Kier alpha value is -0.380. The second kappa shape index (κ2) is 6.38. The van der Waals surface area contributed by atoms with Gasteiger partial charge in [0.25, 0.3) is 0 Å². The zero-order valence-electron chi connectivity index (χ0n) is 8.73. The zero-order chi connectivity index (χ0) is 10.7. The van der Waals surface area contributed by atoms with Gasteiger partial charge in [-0.1, -0.05) is 42.1 Å².